The van der Waals surface area contributed by atoms with E-state index >= 15 is 0 Å². The zero-order chi connectivity index (χ0) is 12.5. The van der Waals surface area contributed by atoms with Crippen molar-refractivity contribution in [3.63, 3.8) is 0 Å². The van der Waals surface area contributed by atoms with Crippen molar-refractivity contribution in [3.05, 3.63) is 71.4 Å². The fourth-order valence-electron chi connectivity index (χ4n) is 1.62. The average Bonchev–Trinajstić information content (AvgIpc) is 3.06. The van der Waals surface area contributed by atoms with Gasteiger partial charge in [-0.05, 0) is 22.7 Å². The van der Waals surface area contributed by atoms with Crippen molar-refractivity contribution in [2.75, 3.05) is 0 Å². The summed E-state index contributed by atoms with van der Waals surface area (Å²) in [6.45, 7) is 6.00. The van der Waals surface area contributed by atoms with Gasteiger partial charge in [0.05, 0.1) is 0 Å². The molecule has 0 saturated carbocycles. The molecule has 0 bridgehead atoms. The summed E-state index contributed by atoms with van der Waals surface area (Å²) >= 11 is 1.71. The lowest BCUT2D eigenvalue weighted by molar-refractivity contribution is 0.0994. The molecule has 0 atom stereocenters. The Kier molecular flexibility index (Phi) is 5.97. The number of carbonyl (C=O) groups is 1. The number of fused-ring (bicyclic) bond motifs is 1. The largest absolute Gasteiger partial charge is 0.294 e. The van der Waals surface area contributed by atoms with E-state index in [1.54, 1.807) is 11.3 Å². The van der Waals surface area contributed by atoms with Crippen LogP contribution >= 0.6 is 11.3 Å². The molecule has 2 aromatic rings. The molecular weight excluding hydrogens is 228 g/mol. The van der Waals surface area contributed by atoms with Gasteiger partial charge in [0.15, 0.2) is 5.78 Å². The maximum absolute atomic E-state index is 11.1. The van der Waals surface area contributed by atoms with Crippen LogP contribution < -0.4 is 0 Å². The van der Waals surface area contributed by atoms with Crippen molar-refractivity contribution < 1.29 is 4.79 Å². The highest BCUT2D eigenvalue weighted by Gasteiger charge is 2.17. The van der Waals surface area contributed by atoms with E-state index in [4.69, 9.17) is 0 Å². The third-order valence-electron chi connectivity index (χ3n) is 2.36. The summed E-state index contributed by atoms with van der Waals surface area (Å²) in [5.74, 6) is 0.301. The molecule has 1 aromatic carbocycles. The van der Waals surface area contributed by atoms with Crippen LogP contribution in [-0.4, -0.2) is 5.78 Å². The van der Waals surface area contributed by atoms with Gasteiger partial charge in [-0.3, -0.25) is 4.79 Å². The van der Waals surface area contributed by atoms with Crippen LogP contribution in [0, 0.1) is 0 Å². The molecule has 0 N–H and O–H groups in total. The topological polar surface area (TPSA) is 17.1 Å². The second kappa shape index (κ2) is 7.58. The fraction of sp³-hybridized carbons (Fsp3) is 0.133. The lowest BCUT2D eigenvalue weighted by Crippen LogP contribution is -1.88. The molecule has 17 heavy (non-hydrogen) atoms. The van der Waals surface area contributed by atoms with Gasteiger partial charge in [-0.15, -0.1) is 13.2 Å². The number of rotatable bonds is 0. The lowest BCUT2D eigenvalue weighted by Gasteiger charge is -1.92. The van der Waals surface area contributed by atoms with Gasteiger partial charge in [0.2, 0.25) is 0 Å². The molecule has 1 aliphatic carbocycles. The van der Waals surface area contributed by atoms with Crippen LogP contribution in [0.3, 0.4) is 0 Å². The van der Waals surface area contributed by atoms with Gasteiger partial charge < -0.3 is 0 Å². The van der Waals surface area contributed by atoms with E-state index in [-0.39, 0.29) is 0 Å². The predicted octanol–water partition coefficient (Wildman–Crippen LogP) is 4.37. The molecule has 1 heterocycles. The number of benzene rings is 1. The highest BCUT2D eigenvalue weighted by molar-refractivity contribution is 7.07. The molecule has 0 amide bonds. The Labute approximate surface area is 106 Å². The smallest absolute Gasteiger partial charge is 0.163 e. The summed E-state index contributed by atoms with van der Waals surface area (Å²) in [5, 5.41) is 4.08. The summed E-state index contributed by atoms with van der Waals surface area (Å²) in [7, 11) is 0. The normalized spacial score (nSPS) is 11.6. The third kappa shape index (κ3) is 4.00. The second-order valence-corrected chi connectivity index (χ2v) is 4.19. The van der Waals surface area contributed by atoms with Crippen molar-refractivity contribution >= 4 is 17.1 Å². The second-order valence-electron chi connectivity index (χ2n) is 3.37. The van der Waals surface area contributed by atoms with Crippen LogP contribution in [0.15, 0.2) is 60.3 Å². The van der Waals surface area contributed by atoms with E-state index in [9.17, 15) is 4.79 Å². The first-order chi connectivity index (χ1) is 8.38. The van der Waals surface area contributed by atoms with Crippen molar-refractivity contribution in [1.29, 1.82) is 0 Å². The summed E-state index contributed by atoms with van der Waals surface area (Å²) in [6.07, 6.45) is 1.65. The van der Waals surface area contributed by atoms with E-state index < -0.39 is 0 Å². The number of thiophene rings is 1. The number of Topliss-reactive ketones (excluding diaryl/α,β-unsaturated/α-hetero) is 1. The van der Waals surface area contributed by atoms with Crippen molar-refractivity contribution in [1.82, 2.24) is 0 Å². The first kappa shape index (κ1) is 13.4. The monoisotopic (exact) mass is 244 g/mol. The Balaban J connectivity index is 0.000000175. The fourth-order valence-corrected chi connectivity index (χ4v) is 2.07. The van der Waals surface area contributed by atoms with Crippen LogP contribution in [0.5, 0.6) is 0 Å². The molecule has 0 radical (unpaired) electrons. The van der Waals surface area contributed by atoms with Crippen molar-refractivity contribution in [2.24, 2.45) is 0 Å². The molecule has 0 unspecified atom stereocenters. The molecule has 2 heteroatoms. The zero-order valence-corrected chi connectivity index (χ0v) is 10.6. The Morgan fingerprint density at radius 2 is 1.59 bits per heavy atom. The summed E-state index contributed by atoms with van der Waals surface area (Å²) in [4.78, 5) is 11.1. The molecule has 1 aromatic heterocycles. The molecule has 0 fully saturated rings. The number of ketones is 1. The third-order valence-corrected chi connectivity index (χ3v) is 2.99. The van der Waals surface area contributed by atoms with E-state index in [1.165, 1.54) is 5.56 Å². The minimum atomic E-state index is 0.301. The van der Waals surface area contributed by atoms with Crippen LogP contribution in [0.2, 0.25) is 0 Å². The number of hydrogen-bond acceptors (Lipinski definition) is 2. The Bertz CT molecular complexity index is 428. The van der Waals surface area contributed by atoms with Gasteiger partial charge in [0.25, 0.3) is 0 Å². The standard InChI is InChI=1S/C9H8O.C4H4S.C2H4/c10-9-6-5-7-3-1-2-4-8(7)9;1-2-4-5-3-1;1-2/h1-4H,5-6H2;1-4H;1-2H2. The summed E-state index contributed by atoms with van der Waals surface area (Å²) in [5.41, 5.74) is 2.15. The SMILES string of the molecule is C=C.O=C1CCc2ccccc21.c1ccsc1. The van der Waals surface area contributed by atoms with E-state index in [0.717, 1.165) is 12.0 Å². The number of hydrogen-bond donors (Lipinski definition) is 0. The highest BCUT2D eigenvalue weighted by atomic mass is 32.1. The molecule has 1 nitrogen and oxygen atoms in total. The van der Waals surface area contributed by atoms with Crippen LogP contribution in [0.1, 0.15) is 22.3 Å². The highest BCUT2D eigenvalue weighted by Crippen LogP contribution is 2.20. The molecule has 0 saturated heterocycles. The van der Waals surface area contributed by atoms with Gasteiger partial charge in [-0.2, -0.15) is 11.3 Å². The van der Waals surface area contributed by atoms with Gasteiger partial charge >= 0.3 is 0 Å². The Morgan fingerprint density at radius 3 is 2.12 bits per heavy atom. The van der Waals surface area contributed by atoms with Gasteiger partial charge in [0.1, 0.15) is 0 Å². The maximum atomic E-state index is 11.1. The Hall–Kier alpha value is -1.67. The first-order valence-corrected chi connectivity index (χ1v) is 6.40. The molecule has 88 valence electrons. The number of carbonyl (C=O) groups excluding carboxylic acids is 1. The molecular formula is C15H16OS. The predicted molar refractivity (Wildman–Crippen MR) is 74.7 cm³/mol. The first-order valence-electron chi connectivity index (χ1n) is 5.46. The average molecular weight is 244 g/mol. The van der Waals surface area contributed by atoms with E-state index in [0.29, 0.717) is 12.2 Å². The van der Waals surface area contributed by atoms with Crippen LogP contribution in [0.4, 0.5) is 0 Å². The van der Waals surface area contributed by atoms with E-state index in [1.807, 2.05) is 47.2 Å². The zero-order valence-electron chi connectivity index (χ0n) is 9.76. The summed E-state index contributed by atoms with van der Waals surface area (Å²) < 4.78 is 0. The lowest BCUT2D eigenvalue weighted by atomic mass is 10.1. The van der Waals surface area contributed by atoms with Crippen molar-refractivity contribution in [2.45, 2.75) is 12.8 Å². The molecule has 0 spiro atoms. The molecule has 3 rings (SSSR count). The van der Waals surface area contributed by atoms with Gasteiger partial charge in [-0.25, -0.2) is 0 Å². The minimum absolute atomic E-state index is 0.301. The van der Waals surface area contributed by atoms with Gasteiger partial charge in [0, 0.05) is 12.0 Å². The maximum Gasteiger partial charge on any atom is 0.163 e. The summed E-state index contributed by atoms with van der Waals surface area (Å²) in [6, 6.07) is 11.9. The van der Waals surface area contributed by atoms with Crippen LogP contribution in [0.25, 0.3) is 0 Å². The molecule has 1 aliphatic rings. The van der Waals surface area contributed by atoms with Crippen molar-refractivity contribution in [3.8, 4) is 0 Å². The minimum Gasteiger partial charge on any atom is -0.294 e. The molecule has 0 aliphatic heterocycles. The van der Waals surface area contributed by atoms with Gasteiger partial charge in [-0.1, -0.05) is 36.4 Å². The number of aryl methyl sites for hydroxylation is 1. The quantitative estimate of drug-likeness (QED) is 0.629. The van der Waals surface area contributed by atoms with E-state index in [2.05, 4.69) is 13.2 Å². The van der Waals surface area contributed by atoms with Crippen LogP contribution in [-0.2, 0) is 6.42 Å². The Morgan fingerprint density at radius 1 is 0.941 bits per heavy atom.